The predicted octanol–water partition coefficient (Wildman–Crippen LogP) is 16.3. The number of benzene rings is 10. The van der Waals surface area contributed by atoms with Gasteiger partial charge in [0, 0.05) is 88.1 Å². The van der Waals surface area contributed by atoms with Gasteiger partial charge in [0.05, 0.1) is 31.9 Å². The van der Waals surface area contributed by atoms with Crippen molar-refractivity contribution < 1.29 is 26.1 Å². The summed E-state index contributed by atoms with van der Waals surface area (Å²) in [6.45, 7) is 0. The molecule has 0 aliphatic rings. The highest BCUT2D eigenvalue weighted by Crippen LogP contribution is 2.43. The molecule has 0 saturated carbocycles. The van der Waals surface area contributed by atoms with E-state index in [1.807, 2.05) is 24.3 Å². The van der Waals surface area contributed by atoms with Crippen LogP contribution in [0, 0.1) is 0 Å². The maximum absolute atomic E-state index is 14.7. The standard InChI is InChI=1S/C60H32N2O6S/c63-69(64,35-19-23-55-43(27-35)47-29-45-41-25-33(17-21-53(41)65-57(45)31-59(47)67-55)61-49-13-5-1-9-37(49)38-10-2-6-14-50(38)61)36-20-24-56-44(28-36)48-30-46-42-26-34(18-22-54(42)66-58(46)32-60(48)68-56)62-51-15-7-3-11-39(51)40-12-4-8-16-52(40)62/h1-32H. The highest BCUT2D eigenvalue weighted by molar-refractivity contribution is 7.91. The second-order valence-corrected chi connectivity index (χ2v) is 20.0. The Labute approximate surface area is 389 Å². The average molecular weight is 909 g/mol. The second-order valence-electron chi connectivity index (χ2n) is 18.0. The highest BCUT2D eigenvalue weighted by atomic mass is 32.2. The molecule has 0 spiro atoms. The van der Waals surface area contributed by atoms with Crippen LogP contribution in [0.3, 0.4) is 0 Å². The minimum Gasteiger partial charge on any atom is -0.456 e. The number of sulfone groups is 1. The third kappa shape index (κ3) is 5.03. The van der Waals surface area contributed by atoms with Gasteiger partial charge in [-0.15, -0.1) is 0 Å². The SMILES string of the molecule is O=S(=O)(c1ccc2oc3cc4oc5ccc(-n6c7ccccc7c7ccccc76)cc5c4cc3c2c1)c1ccc2oc3cc4oc5ccc(-n6c7ccccc7c7ccccc76)cc5c4cc3c2c1. The first-order valence-corrected chi connectivity index (χ1v) is 24.3. The number of para-hydroxylation sites is 4. The quantitative estimate of drug-likeness (QED) is 0.174. The minimum atomic E-state index is -4.01. The number of hydrogen-bond donors (Lipinski definition) is 0. The molecule has 0 saturated heterocycles. The third-order valence-electron chi connectivity index (χ3n) is 14.3. The summed E-state index contributed by atoms with van der Waals surface area (Å²) < 4.78 is 59.5. The van der Waals surface area contributed by atoms with E-state index in [1.54, 1.807) is 36.4 Å². The number of fused-ring (bicyclic) bond motifs is 18. The molecule has 0 N–H and O–H groups in total. The Kier molecular flexibility index (Phi) is 7.04. The van der Waals surface area contributed by atoms with E-state index in [1.165, 1.54) is 21.5 Å². The molecule has 16 aromatic rings. The fraction of sp³-hybridized carbons (Fsp3) is 0. The van der Waals surface area contributed by atoms with Crippen LogP contribution in [0.5, 0.6) is 0 Å². The lowest BCUT2D eigenvalue weighted by molar-refractivity contribution is 0.596. The van der Waals surface area contributed by atoms with Crippen LogP contribution >= 0.6 is 0 Å². The van der Waals surface area contributed by atoms with Crippen molar-refractivity contribution in [3.05, 3.63) is 194 Å². The summed E-state index contributed by atoms with van der Waals surface area (Å²) in [6.07, 6.45) is 0. The monoisotopic (exact) mass is 908 g/mol. The van der Waals surface area contributed by atoms with E-state index in [2.05, 4.69) is 143 Å². The van der Waals surface area contributed by atoms with Crippen LogP contribution in [0.4, 0.5) is 0 Å². The summed E-state index contributed by atoms with van der Waals surface area (Å²) in [5.41, 5.74) is 11.8. The van der Waals surface area contributed by atoms with Gasteiger partial charge in [-0.05, 0) is 109 Å². The largest absolute Gasteiger partial charge is 0.456 e. The molecule has 16 rings (SSSR count). The molecule has 0 unspecified atom stereocenters. The van der Waals surface area contributed by atoms with Crippen molar-refractivity contribution >= 4 is 141 Å². The number of rotatable bonds is 4. The molecule has 6 heterocycles. The van der Waals surface area contributed by atoms with Crippen LogP contribution < -0.4 is 0 Å². The van der Waals surface area contributed by atoms with Crippen LogP contribution in [-0.4, -0.2) is 17.6 Å². The van der Waals surface area contributed by atoms with Crippen LogP contribution in [0.15, 0.2) is 222 Å². The van der Waals surface area contributed by atoms with Gasteiger partial charge in [0.1, 0.15) is 44.7 Å². The van der Waals surface area contributed by atoms with Crippen molar-refractivity contribution in [2.24, 2.45) is 0 Å². The Hall–Kier alpha value is -9.05. The summed E-state index contributed by atoms with van der Waals surface area (Å²) >= 11 is 0. The smallest absolute Gasteiger partial charge is 0.206 e. The number of furan rings is 4. The summed E-state index contributed by atoms with van der Waals surface area (Å²) in [7, 11) is -4.01. The molecule has 324 valence electrons. The molecule has 0 atom stereocenters. The maximum Gasteiger partial charge on any atom is 0.206 e. The lowest BCUT2D eigenvalue weighted by Gasteiger charge is -2.08. The van der Waals surface area contributed by atoms with E-state index in [0.29, 0.717) is 44.3 Å². The van der Waals surface area contributed by atoms with Gasteiger partial charge in [-0.25, -0.2) is 8.42 Å². The van der Waals surface area contributed by atoms with E-state index < -0.39 is 9.84 Å². The summed E-state index contributed by atoms with van der Waals surface area (Å²) in [6, 6.07) is 64.5. The van der Waals surface area contributed by atoms with Crippen LogP contribution in [0.1, 0.15) is 0 Å². The first-order valence-electron chi connectivity index (χ1n) is 22.8. The van der Waals surface area contributed by atoms with E-state index in [9.17, 15) is 8.42 Å². The molecule has 0 aliphatic heterocycles. The average Bonchev–Trinajstić information content (AvgIpc) is 4.23. The van der Waals surface area contributed by atoms with Gasteiger partial charge in [0.15, 0.2) is 0 Å². The normalized spacial score (nSPS) is 12.8. The molecule has 0 radical (unpaired) electrons. The van der Waals surface area contributed by atoms with Crippen molar-refractivity contribution in [2.75, 3.05) is 0 Å². The summed E-state index contributed by atoms with van der Waals surface area (Å²) in [5, 5.41) is 11.5. The molecule has 0 fully saturated rings. The lowest BCUT2D eigenvalue weighted by atomic mass is 10.1. The molecule has 69 heavy (non-hydrogen) atoms. The predicted molar refractivity (Wildman–Crippen MR) is 276 cm³/mol. The molecular weight excluding hydrogens is 877 g/mol. The van der Waals surface area contributed by atoms with Gasteiger partial charge in [-0.2, -0.15) is 0 Å². The maximum atomic E-state index is 14.7. The lowest BCUT2D eigenvalue weighted by Crippen LogP contribution is -2.01. The van der Waals surface area contributed by atoms with Gasteiger partial charge < -0.3 is 26.8 Å². The molecule has 9 heteroatoms. The van der Waals surface area contributed by atoms with Crippen molar-refractivity contribution in [2.45, 2.75) is 9.79 Å². The zero-order valence-corrected chi connectivity index (χ0v) is 37.0. The van der Waals surface area contributed by atoms with Crippen LogP contribution in [0.2, 0.25) is 0 Å². The van der Waals surface area contributed by atoms with Crippen molar-refractivity contribution in [1.29, 1.82) is 0 Å². The minimum absolute atomic E-state index is 0.163. The van der Waals surface area contributed by atoms with Gasteiger partial charge in [0.2, 0.25) is 9.84 Å². The molecule has 6 aromatic heterocycles. The van der Waals surface area contributed by atoms with Crippen LogP contribution in [-0.2, 0) is 9.84 Å². The molecule has 10 aromatic carbocycles. The van der Waals surface area contributed by atoms with Gasteiger partial charge >= 0.3 is 0 Å². The van der Waals surface area contributed by atoms with Crippen molar-refractivity contribution in [3.63, 3.8) is 0 Å². The Morgan fingerprint density at radius 1 is 0.261 bits per heavy atom. The van der Waals surface area contributed by atoms with Crippen LogP contribution in [0.25, 0.3) is 143 Å². The first kappa shape index (κ1) is 37.1. The second kappa shape index (κ2) is 13.1. The topological polar surface area (TPSA) is 96.6 Å². The molecule has 0 amide bonds. The van der Waals surface area contributed by atoms with Crippen molar-refractivity contribution in [3.8, 4) is 11.4 Å². The van der Waals surface area contributed by atoms with E-state index in [-0.39, 0.29) is 9.79 Å². The Morgan fingerprint density at radius 2 is 0.551 bits per heavy atom. The number of hydrogen-bond acceptors (Lipinski definition) is 6. The Bertz CT molecular complexity index is 4640. The van der Waals surface area contributed by atoms with E-state index in [4.69, 9.17) is 17.7 Å². The first-order chi connectivity index (χ1) is 33.9. The van der Waals surface area contributed by atoms with Gasteiger partial charge in [0.25, 0.3) is 0 Å². The number of aromatic nitrogens is 2. The highest BCUT2D eigenvalue weighted by Gasteiger charge is 2.24. The summed E-state index contributed by atoms with van der Waals surface area (Å²) in [5.74, 6) is 0. The van der Waals surface area contributed by atoms with E-state index in [0.717, 1.165) is 76.9 Å². The number of nitrogens with zero attached hydrogens (tertiary/aromatic N) is 2. The zero-order chi connectivity index (χ0) is 45.3. The molecule has 8 nitrogen and oxygen atoms in total. The van der Waals surface area contributed by atoms with Gasteiger partial charge in [-0.1, -0.05) is 72.8 Å². The summed E-state index contributed by atoms with van der Waals surface area (Å²) in [4.78, 5) is 0.327. The van der Waals surface area contributed by atoms with E-state index >= 15 is 0 Å². The zero-order valence-electron chi connectivity index (χ0n) is 36.2. The fourth-order valence-electron chi connectivity index (χ4n) is 11.2. The fourth-order valence-corrected chi connectivity index (χ4v) is 12.5. The van der Waals surface area contributed by atoms with Crippen molar-refractivity contribution in [1.82, 2.24) is 9.13 Å². The van der Waals surface area contributed by atoms with Gasteiger partial charge in [-0.3, -0.25) is 0 Å². The molecule has 0 bridgehead atoms. The molecular formula is C60H32N2O6S. The third-order valence-corrected chi connectivity index (χ3v) is 16.1. The Balaban J connectivity index is 0.812. The Morgan fingerprint density at radius 3 is 0.899 bits per heavy atom. The molecule has 0 aliphatic carbocycles.